The molecule has 0 heterocycles. The smallest absolute Gasteiger partial charge is 0.165 e. The van der Waals surface area contributed by atoms with Crippen molar-refractivity contribution >= 4 is 21.7 Å². The van der Waals surface area contributed by atoms with Crippen molar-refractivity contribution in [1.29, 1.82) is 0 Å². The van der Waals surface area contributed by atoms with Crippen LogP contribution in [0.15, 0.2) is 10.5 Å². The van der Waals surface area contributed by atoms with Gasteiger partial charge in [0.15, 0.2) is 11.6 Å². The van der Waals surface area contributed by atoms with Crippen molar-refractivity contribution in [2.45, 2.75) is 6.92 Å². The van der Waals surface area contributed by atoms with E-state index >= 15 is 0 Å². The van der Waals surface area contributed by atoms with Crippen LogP contribution in [0.5, 0.6) is 5.75 Å². The summed E-state index contributed by atoms with van der Waals surface area (Å²) in [4.78, 5) is 10.9. The summed E-state index contributed by atoms with van der Waals surface area (Å²) in [5, 5.41) is 0. The van der Waals surface area contributed by atoms with E-state index in [-0.39, 0.29) is 10.2 Å². The molecule has 0 bridgehead atoms. The standard InChI is InChI=1S/C9H7BrF2O2/c1-4(13)7-5(11)3-6(14-2)8(10)9(7)12/h3H,1-2H3. The van der Waals surface area contributed by atoms with Gasteiger partial charge in [-0.2, -0.15) is 0 Å². The van der Waals surface area contributed by atoms with Gasteiger partial charge in [0.1, 0.15) is 11.6 Å². The predicted molar refractivity (Wildman–Crippen MR) is 50.6 cm³/mol. The molecule has 0 unspecified atom stereocenters. The number of rotatable bonds is 2. The summed E-state index contributed by atoms with van der Waals surface area (Å²) < 4.78 is 31.2. The first-order valence-corrected chi connectivity index (χ1v) is 4.50. The molecule has 5 heteroatoms. The maximum atomic E-state index is 13.4. The molecule has 0 aromatic heterocycles. The lowest BCUT2D eigenvalue weighted by atomic mass is 10.1. The Bertz CT molecular complexity index is 391. The molecule has 76 valence electrons. The van der Waals surface area contributed by atoms with E-state index in [1.807, 2.05) is 0 Å². The molecule has 1 aromatic rings. The topological polar surface area (TPSA) is 26.3 Å². The van der Waals surface area contributed by atoms with E-state index in [4.69, 9.17) is 4.74 Å². The number of methoxy groups -OCH3 is 1. The van der Waals surface area contributed by atoms with Crippen LogP contribution in [0.4, 0.5) is 8.78 Å². The van der Waals surface area contributed by atoms with Gasteiger partial charge >= 0.3 is 0 Å². The van der Waals surface area contributed by atoms with Gasteiger partial charge in [0.25, 0.3) is 0 Å². The number of carbonyl (C=O) groups excluding carboxylic acids is 1. The second-order valence-corrected chi connectivity index (χ2v) is 3.41. The van der Waals surface area contributed by atoms with E-state index in [9.17, 15) is 13.6 Å². The summed E-state index contributed by atoms with van der Waals surface area (Å²) in [6.07, 6.45) is 0. The fourth-order valence-electron chi connectivity index (χ4n) is 1.04. The second-order valence-electron chi connectivity index (χ2n) is 2.62. The SMILES string of the molecule is COc1cc(F)c(C(C)=O)c(F)c1Br. The van der Waals surface area contributed by atoms with Crippen LogP contribution in [0, 0.1) is 11.6 Å². The Morgan fingerprint density at radius 1 is 1.50 bits per heavy atom. The number of hydrogen-bond donors (Lipinski definition) is 0. The number of benzene rings is 1. The summed E-state index contributed by atoms with van der Waals surface area (Å²) >= 11 is 2.87. The molecule has 0 N–H and O–H groups in total. The van der Waals surface area contributed by atoms with Gasteiger partial charge in [-0.15, -0.1) is 0 Å². The van der Waals surface area contributed by atoms with Gasteiger partial charge in [-0.1, -0.05) is 0 Å². The Hall–Kier alpha value is -0.970. The van der Waals surface area contributed by atoms with Crippen molar-refractivity contribution in [3.05, 3.63) is 27.7 Å². The number of hydrogen-bond acceptors (Lipinski definition) is 2. The Morgan fingerprint density at radius 2 is 2.07 bits per heavy atom. The van der Waals surface area contributed by atoms with Gasteiger partial charge in [0.05, 0.1) is 17.1 Å². The van der Waals surface area contributed by atoms with Gasteiger partial charge in [0.2, 0.25) is 0 Å². The molecule has 1 aromatic carbocycles. The Balaban J connectivity index is 3.49. The molecule has 0 aliphatic rings. The van der Waals surface area contributed by atoms with E-state index < -0.39 is 23.0 Å². The molecule has 0 amide bonds. The molecular weight excluding hydrogens is 258 g/mol. The van der Waals surface area contributed by atoms with Crippen LogP contribution in [0.25, 0.3) is 0 Å². The van der Waals surface area contributed by atoms with Crippen molar-refractivity contribution in [3.63, 3.8) is 0 Å². The average Bonchev–Trinajstić information content (AvgIpc) is 2.10. The number of carbonyl (C=O) groups is 1. The molecule has 0 fully saturated rings. The zero-order valence-corrected chi connectivity index (χ0v) is 9.11. The van der Waals surface area contributed by atoms with Crippen molar-refractivity contribution in [2.24, 2.45) is 0 Å². The van der Waals surface area contributed by atoms with E-state index in [0.29, 0.717) is 0 Å². The first-order valence-electron chi connectivity index (χ1n) is 3.71. The second kappa shape index (κ2) is 4.04. The molecule has 0 spiro atoms. The minimum Gasteiger partial charge on any atom is -0.495 e. The molecular formula is C9H7BrF2O2. The molecule has 0 aliphatic heterocycles. The lowest BCUT2D eigenvalue weighted by molar-refractivity contribution is 0.100. The molecule has 0 radical (unpaired) electrons. The van der Waals surface area contributed by atoms with E-state index in [1.54, 1.807) is 0 Å². The number of ketones is 1. The Kier molecular flexibility index (Phi) is 3.21. The highest BCUT2D eigenvalue weighted by Crippen LogP contribution is 2.31. The predicted octanol–water partition coefficient (Wildman–Crippen LogP) is 2.94. The summed E-state index contributed by atoms with van der Waals surface area (Å²) in [6.45, 7) is 1.10. The van der Waals surface area contributed by atoms with Crippen molar-refractivity contribution in [1.82, 2.24) is 0 Å². The maximum absolute atomic E-state index is 13.4. The number of Topliss-reactive ketones (excluding diaryl/α,β-unsaturated/α-hetero) is 1. The lowest BCUT2D eigenvalue weighted by Gasteiger charge is -2.07. The van der Waals surface area contributed by atoms with Crippen LogP contribution < -0.4 is 4.74 Å². The minimum absolute atomic E-state index is 0.0185. The van der Waals surface area contributed by atoms with E-state index in [0.717, 1.165) is 13.0 Å². The molecule has 0 atom stereocenters. The fourth-order valence-corrected chi connectivity index (χ4v) is 1.52. The molecule has 2 nitrogen and oxygen atoms in total. The van der Waals surface area contributed by atoms with Crippen LogP contribution in [-0.4, -0.2) is 12.9 Å². The third-order valence-electron chi connectivity index (χ3n) is 1.70. The van der Waals surface area contributed by atoms with Gasteiger partial charge in [-0.3, -0.25) is 4.79 Å². The number of halogens is 3. The average molecular weight is 265 g/mol. The highest BCUT2D eigenvalue weighted by Gasteiger charge is 2.20. The van der Waals surface area contributed by atoms with Gasteiger partial charge in [-0.25, -0.2) is 8.78 Å². The molecule has 1 rings (SSSR count). The molecule has 0 saturated heterocycles. The van der Waals surface area contributed by atoms with Crippen LogP contribution in [0.1, 0.15) is 17.3 Å². The monoisotopic (exact) mass is 264 g/mol. The Labute approximate surface area is 88.0 Å². The van der Waals surface area contributed by atoms with E-state index in [2.05, 4.69) is 15.9 Å². The summed E-state index contributed by atoms with van der Waals surface area (Å²) in [7, 11) is 1.28. The third kappa shape index (κ3) is 1.77. The largest absolute Gasteiger partial charge is 0.495 e. The third-order valence-corrected chi connectivity index (χ3v) is 2.44. The van der Waals surface area contributed by atoms with Crippen molar-refractivity contribution in [2.75, 3.05) is 7.11 Å². The van der Waals surface area contributed by atoms with Crippen LogP contribution in [0.3, 0.4) is 0 Å². The zero-order valence-electron chi connectivity index (χ0n) is 7.53. The zero-order chi connectivity index (χ0) is 10.9. The quantitative estimate of drug-likeness (QED) is 0.607. The fraction of sp³-hybridized carbons (Fsp3) is 0.222. The summed E-state index contributed by atoms with van der Waals surface area (Å²) in [5.41, 5.74) is -0.558. The highest BCUT2D eigenvalue weighted by atomic mass is 79.9. The summed E-state index contributed by atoms with van der Waals surface area (Å²) in [5.74, 6) is -2.50. The van der Waals surface area contributed by atoms with E-state index in [1.165, 1.54) is 7.11 Å². The van der Waals surface area contributed by atoms with Crippen LogP contribution in [0.2, 0.25) is 0 Å². The van der Waals surface area contributed by atoms with Crippen LogP contribution >= 0.6 is 15.9 Å². The molecule has 0 aliphatic carbocycles. The van der Waals surface area contributed by atoms with Gasteiger partial charge in [0, 0.05) is 6.07 Å². The lowest BCUT2D eigenvalue weighted by Crippen LogP contribution is -2.03. The first-order chi connectivity index (χ1) is 6.49. The van der Waals surface area contributed by atoms with Gasteiger partial charge in [-0.05, 0) is 22.9 Å². The number of ether oxygens (including phenoxy) is 1. The van der Waals surface area contributed by atoms with Gasteiger partial charge < -0.3 is 4.74 Å². The maximum Gasteiger partial charge on any atom is 0.165 e. The highest BCUT2D eigenvalue weighted by molar-refractivity contribution is 9.10. The molecule has 14 heavy (non-hydrogen) atoms. The van der Waals surface area contributed by atoms with Crippen molar-refractivity contribution in [3.8, 4) is 5.75 Å². The Morgan fingerprint density at radius 3 is 2.50 bits per heavy atom. The first kappa shape index (κ1) is 11.1. The van der Waals surface area contributed by atoms with Crippen LogP contribution in [-0.2, 0) is 0 Å². The minimum atomic E-state index is -0.936. The van der Waals surface area contributed by atoms with Crippen molar-refractivity contribution < 1.29 is 18.3 Å². The molecule has 0 saturated carbocycles. The normalized spacial score (nSPS) is 10.1. The summed E-state index contributed by atoms with van der Waals surface area (Å²) in [6, 6.07) is 0.962.